The Balaban J connectivity index is 1.52. The molecule has 3 N–H and O–H groups in total. The quantitative estimate of drug-likeness (QED) is 0.613. The van der Waals surface area contributed by atoms with Crippen molar-refractivity contribution in [1.29, 1.82) is 0 Å². The minimum atomic E-state index is -1.19. The van der Waals surface area contributed by atoms with E-state index >= 15 is 0 Å². The fraction of sp³-hybridized carbons (Fsp3) is 0.714. The van der Waals surface area contributed by atoms with Crippen LogP contribution in [0.4, 0.5) is 0 Å². The lowest BCUT2D eigenvalue weighted by Gasteiger charge is -2.36. The van der Waals surface area contributed by atoms with Gasteiger partial charge in [0.2, 0.25) is 0 Å². The van der Waals surface area contributed by atoms with E-state index in [4.69, 9.17) is 4.74 Å². The van der Waals surface area contributed by atoms with Gasteiger partial charge in [-0.25, -0.2) is 8.93 Å². The molecule has 2 unspecified atom stereocenters. The lowest BCUT2D eigenvalue weighted by molar-refractivity contribution is -0.0456. The number of hydrogen-bond acceptors (Lipinski definition) is 5. The van der Waals surface area contributed by atoms with Crippen molar-refractivity contribution in [3.63, 3.8) is 0 Å². The first-order chi connectivity index (χ1) is 13.4. The Kier molecular flexibility index (Phi) is 7.88. The summed E-state index contributed by atoms with van der Waals surface area (Å²) in [6.07, 6.45) is 5.33. The van der Waals surface area contributed by atoms with E-state index in [-0.39, 0.29) is 0 Å². The second-order valence-electron chi connectivity index (χ2n) is 8.46. The Hall–Kier alpha value is -0.990. The SMILES string of the molecule is CC(C)(Oc1ccc(S(=O)NC2CCCCC2)cc1)C(O)CN1CCNCC1. The number of hydrogen-bond donors (Lipinski definition) is 3. The van der Waals surface area contributed by atoms with Crippen LogP contribution in [0.5, 0.6) is 5.75 Å². The molecular formula is C21H35N3O3S. The number of rotatable bonds is 8. The first kappa shape index (κ1) is 21.7. The molecular weight excluding hydrogens is 374 g/mol. The maximum Gasteiger partial charge on any atom is 0.130 e. The van der Waals surface area contributed by atoms with E-state index in [2.05, 4.69) is 14.9 Å². The van der Waals surface area contributed by atoms with Gasteiger partial charge in [-0.1, -0.05) is 19.3 Å². The van der Waals surface area contributed by atoms with Crippen LogP contribution in [-0.2, 0) is 11.0 Å². The summed E-state index contributed by atoms with van der Waals surface area (Å²) in [5.74, 6) is 0.683. The van der Waals surface area contributed by atoms with E-state index in [1.54, 1.807) is 0 Å². The Morgan fingerprint density at radius 2 is 1.86 bits per heavy atom. The normalized spacial score (nSPS) is 22.0. The van der Waals surface area contributed by atoms with Crippen molar-refractivity contribution < 1.29 is 14.1 Å². The summed E-state index contributed by atoms with van der Waals surface area (Å²) in [5.41, 5.74) is -0.702. The van der Waals surface area contributed by atoms with Crippen molar-refractivity contribution in [3.05, 3.63) is 24.3 Å². The highest BCUT2D eigenvalue weighted by atomic mass is 32.2. The zero-order valence-electron chi connectivity index (χ0n) is 17.2. The molecule has 1 heterocycles. The van der Waals surface area contributed by atoms with Gasteiger partial charge in [0.05, 0.1) is 4.90 Å². The fourth-order valence-electron chi connectivity index (χ4n) is 3.80. The zero-order chi connectivity index (χ0) is 20.0. The van der Waals surface area contributed by atoms with E-state index in [1.807, 2.05) is 38.1 Å². The molecule has 0 radical (unpaired) electrons. The molecule has 3 rings (SSSR count). The number of piperazine rings is 1. The molecule has 2 fully saturated rings. The summed E-state index contributed by atoms with van der Waals surface area (Å²) < 4.78 is 21.9. The summed E-state index contributed by atoms with van der Waals surface area (Å²) in [4.78, 5) is 3.02. The van der Waals surface area contributed by atoms with Crippen LogP contribution < -0.4 is 14.8 Å². The van der Waals surface area contributed by atoms with Crippen LogP contribution in [0.2, 0.25) is 0 Å². The van der Waals surface area contributed by atoms with Gasteiger partial charge < -0.3 is 15.2 Å². The summed E-state index contributed by atoms with van der Waals surface area (Å²) in [5, 5.41) is 14.0. The Labute approximate surface area is 171 Å². The molecule has 0 aromatic heterocycles. The van der Waals surface area contributed by atoms with Gasteiger partial charge in [-0.05, 0) is 51.0 Å². The Morgan fingerprint density at radius 1 is 1.21 bits per heavy atom. The third kappa shape index (κ3) is 6.26. The van der Waals surface area contributed by atoms with Crippen molar-refractivity contribution in [2.24, 2.45) is 0 Å². The molecule has 2 aliphatic rings. The van der Waals surface area contributed by atoms with Gasteiger partial charge in [0.1, 0.15) is 28.4 Å². The van der Waals surface area contributed by atoms with Gasteiger partial charge in [-0.3, -0.25) is 4.90 Å². The molecule has 7 heteroatoms. The van der Waals surface area contributed by atoms with Crippen LogP contribution in [0.15, 0.2) is 29.2 Å². The van der Waals surface area contributed by atoms with Crippen LogP contribution in [0.3, 0.4) is 0 Å². The van der Waals surface area contributed by atoms with Crippen LogP contribution in [0, 0.1) is 0 Å². The van der Waals surface area contributed by atoms with Crippen LogP contribution >= 0.6 is 0 Å². The molecule has 28 heavy (non-hydrogen) atoms. The molecule has 1 aliphatic heterocycles. The average Bonchev–Trinajstić information content (AvgIpc) is 2.70. The maximum atomic E-state index is 12.5. The third-order valence-corrected chi connectivity index (χ3v) is 6.99. The van der Waals surface area contributed by atoms with Gasteiger partial charge in [0.25, 0.3) is 0 Å². The molecule has 158 valence electrons. The van der Waals surface area contributed by atoms with Gasteiger partial charge in [-0.2, -0.15) is 0 Å². The molecule has 0 amide bonds. The molecule has 1 saturated heterocycles. The molecule has 1 saturated carbocycles. The standard InChI is InChI=1S/C21H35N3O3S/c1-21(2,20(25)16-24-14-12-22-13-15-24)27-18-8-10-19(11-9-18)28(26)23-17-6-4-3-5-7-17/h8-11,17,20,22-23,25H,3-7,12-16H2,1-2H3. The Bertz CT molecular complexity index is 626. The van der Waals surface area contributed by atoms with E-state index in [0.717, 1.165) is 43.9 Å². The number of ether oxygens (including phenoxy) is 1. The first-order valence-electron chi connectivity index (χ1n) is 10.5. The van der Waals surface area contributed by atoms with Crippen molar-refractivity contribution in [2.75, 3.05) is 32.7 Å². The van der Waals surface area contributed by atoms with Crippen LogP contribution in [0.1, 0.15) is 46.0 Å². The molecule has 0 spiro atoms. The summed E-state index contributed by atoms with van der Waals surface area (Å²) in [7, 11) is -1.19. The third-order valence-electron chi connectivity index (χ3n) is 5.74. The number of β-amino-alcohol motifs (C(OH)–C–C–N with tert-alkyl or cyclic N) is 1. The zero-order valence-corrected chi connectivity index (χ0v) is 18.0. The predicted molar refractivity (Wildman–Crippen MR) is 113 cm³/mol. The number of nitrogens with zero attached hydrogens (tertiary/aromatic N) is 1. The van der Waals surface area contributed by atoms with E-state index in [0.29, 0.717) is 18.3 Å². The summed E-state index contributed by atoms with van der Waals surface area (Å²) in [6, 6.07) is 7.73. The largest absolute Gasteiger partial charge is 0.485 e. The number of nitrogens with one attached hydrogen (secondary N) is 2. The minimum absolute atomic E-state index is 0.351. The molecule has 1 aromatic carbocycles. The highest BCUT2D eigenvalue weighted by Crippen LogP contribution is 2.24. The van der Waals surface area contributed by atoms with Crippen LogP contribution in [0.25, 0.3) is 0 Å². The van der Waals surface area contributed by atoms with Crippen LogP contribution in [-0.4, -0.2) is 64.7 Å². The van der Waals surface area contributed by atoms with Gasteiger partial charge in [-0.15, -0.1) is 0 Å². The predicted octanol–water partition coefficient (Wildman–Crippen LogP) is 2.05. The van der Waals surface area contributed by atoms with E-state index in [1.165, 1.54) is 19.3 Å². The molecule has 2 atom stereocenters. The summed E-state index contributed by atoms with van der Waals surface area (Å²) in [6.45, 7) is 8.24. The molecule has 1 aromatic rings. The molecule has 1 aliphatic carbocycles. The van der Waals surface area contributed by atoms with Gasteiger partial charge in [0.15, 0.2) is 0 Å². The smallest absolute Gasteiger partial charge is 0.130 e. The van der Waals surface area contributed by atoms with Crippen molar-refractivity contribution in [1.82, 2.24) is 14.9 Å². The van der Waals surface area contributed by atoms with E-state index < -0.39 is 22.7 Å². The lowest BCUT2D eigenvalue weighted by atomic mass is 9.96. The first-order valence-corrected chi connectivity index (χ1v) is 11.7. The molecule has 6 nitrogen and oxygen atoms in total. The highest BCUT2D eigenvalue weighted by molar-refractivity contribution is 7.83. The molecule has 0 bridgehead atoms. The maximum absolute atomic E-state index is 12.5. The lowest BCUT2D eigenvalue weighted by Crippen LogP contribution is -2.52. The highest BCUT2D eigenvalue weighted by Gasteiger charge is 2.32. The average molecular weight is 410 g/mol. The Morgan fingerprint density at radius 3 is 2.50 bits per heavy atom. The van der Waals surface area contributed by atoms with Gasteiger partial charge in [0, 0.05) is 38.8 Å². The topological polar surface area (TPSA) is 73.8 Å². The number of aliphatic hydroxyl groups is 1. The van der Waals surface area contributed by atoms with Crippen molar-refractivity contribution in [2.45, 2.75) is 68.6 Å². The second kappa shape index (κ2) is 10.2. The summed E-state index contributed by atoms with van der Waals surface area (Å²) >= 11 is 0. The van der Waals surface area contributed by atoms with E-state index in [9.17, 15) is 9.32 Å². The fourth-order valence-corrected chi connectivity index (χ4v) is 4.86. The second-order valence-corrected chi connectivity index (χ2v) is 9.71. The minimum Gasteiger partial charge on any atom is -0.485 e. The van der Waals surface area contributed by atoms with Gasteiger partial charge >= 0.3 is 0 Å². The monoisotopic (exact) mass is 409 g/mol. The van der Waals surface area contributed by atoms with Crippen molar-refractivity contribution in [3.8, 4) is 5.75 Å². The number of aliphatic hydroxyl groups excluding tert-OH is 1. The van der Waals surface area contributed by atoms with Crippen molar-refractivity contribution >= 4 is 11.0 Å². The number of benzene rings is 1.